The van der Waals surface area contributed by atoms with Crippen LogP contribution in [-0.4, -0.2) is 23.0 Å². The number of nitro groups is 1. The van der Waals surface area contributed by atoms with E-state index in [1.165, 1.54) is 0 Å². The molecule has 0 N–H and O–H groups in total. The molecule has 0 unspecified atom stereocenters. The van der Waals surface area contributed by atoms with E-state index in [1.807, 2.05) is 36.4 Å². The van der Waals surface area contributed by atoms with Gasteiger partial charge in [0.1, 0.15) is 0 Å². The Hall–Kier alpha value is -4.12. The molecule has 5 nitrogen and oxygen atoms in total. The number of carbonyl (C=O) groups excluding carboxylic acids is 2. The van der Waals surface area contributed by atoms with E-state index in [4.69, 9.17) is 0 Å². The van der Waals surface area contributed by atoms with Gasteiger partial charge in [-0.1, -0.05) is 103 Å². The highest BCUT2D eigenvalue weighted by Gasteiger charge is 2.40. The van der Waals surface area contributed by atoms with Gasteiger partial charge in [-0.2, -0.15) is 0 Å². The maximum atomic E-state index is 13.6. The molecule has 4 rings (SSSR count). The van der Waals surface area contributed by atoms with E-state index in [0.717, 1.165) is 10.8 Å². The highest BCUT2D eigenvalue weighted by Crippen LogP contribution is 2.35. The Labute approximate surface area is 185 Å². The summed E-state index contributed by atoms with van der Waals surface area (Å²) in [5.41, 5.74) is 1.34. The van der Waals surface area contributed by atoms with Crippen molar-refractivity contribution in [2.45, 2.75) is 5.92 Å². The Balaban J connectivity index is 1.91. The molecule has 5 heteroatoms. The second-order valence-electron chi connectivity index (χ2n) is 7.63. The molecule has 0 saturated carbocycles. The molecule has 0 heterocycles. The minimum atomic E-state index is -1.23. The van der Waals surface area contributed by atoms with Gasteiger partial charge in [0.05, 0.1) is 11.8 Å². The van der Waals surface area contributed by atoms with Crippen LogP contribution in [0.3, 0.4) is 0 Å². The summed E-state index contributed by atoms with van der Waals surface area (Å²) in [7, 11) is 0. The third-order valence-electron chi connectivity index (χ3n) is 5.65. The average molecular weight is 423 g/mol. The van der Waals surface area contributed by atoms with E-state index in [1.54, 1.807) is 66.7 Å². The van der Waals surface area contributed by atoms with Gasteiger partial charge >= 0.3 is 0 Å². The molecule has 0 fully saturated rings. The SMILES string of the molecule is O=C(c1ccccc1)C(C(=O)c1ccccc1)[C@H](C[N+](=O)[O-])c1cccc2ccccc12. The number of nitrogens with zero attached hydrogens (tertiary/aromatic N) is 1. The first-order valence-electron chi connectivity index (χ1n) is 10.3. The number of fused-ring (bicyclic) bond motifs is 1. The fourth-order valence-electron chi connectivity index (χ4n) is 4.17. The van der Waals surface area contributed by atoms with Gasteiger partial charge in [0.15, 0.2) is 11.6 Å². The first kappa shape index (κ1) is 21.1. The van der Waals surface area contributed by atoms with E-state index in [9.17, 15) is 19.7 Å². The van der Waals surface area contributed by atoms with E-state index >= 15 is 0 Å². The lowest BCUT2D eigenvalue weighted by atomic mass is 9.75. The minimum Gasteiger partial charge on any atom is -0.293 e. The summed E-state index contributed by atoms with van der Waals surface area (Å²) in [5.74, 6) is -2.98. The Morgan fingerprint density at radius 1 is 0.688 bits per heavy atom. The van der Waals surface area contributed by atoms with Crippen LogP contribution in [0.15, 0.2) is 103 Å². The zero-order chi connectivity index (χ0) is 22.5. The second kappa shape index (κ2) is 9.35. The number of ketones is 2. The molecule has 0 aliphatic heterocycles. The first-order chi connectivity index (χ1) is 15.6. The van der Waals surface area contributed by atoms with Crippen molar-refractivity contribution in [2.75, 3.05) is 6.54 Å². The maximum absolute atomic E-state index is 13.6. The summed E-state index contributed by atoms with van der Waals surface area (Å²) in [6.45, 7) is -0.532. The zero-order valence-corrected chi connectivity index (χ0v) is 17.3. The van der Waals surface area contributed by atoms with Crippen LogP contribution in [-0.2, 0) is 0 Å². The lowest BCUT2D eigenvalue weighted by molar-refractivity contribution is -0.484. The van der Waals surface area contributed by atoms with Gasteiger partial charge in [0, 0.05) is 16.1 Å². The van der Waals surface area contributed by atoms with Crippen molar-refractivity contribution in [3.8, 4) is 0 Å². The zero-order valence-electron chi connectivity index (χ0n) is 17.3. The molecule has 0 aromatic heterocycles. The van der Waals surface area contributed by atoms with E-state index in [0.29, 0.717) is 16.7 Å². The van der Waals surface area contributed by atoms with Crippen molar-refractivity contribution in [1.82, 2.24) is 0 Å². The normalized spacial score (nSPS) is 11.9. The Morgan fingerprint density at radius 2 is 1.19 bits per heavy atom. The van der Waals surface area contributed by atoms with Crippen LogP contribution in [0.1, 0.15) is 32.2 Å². The molecule has 0 aliphatic rings. The molecule has 1 atom stereocenters. The lowest BCUT2D eigenvalue weighted by Crippen LogP contribution is -2.34. The molecule has 0 bridgehead atoms. The van der Waals surface area contributed by atoms with Gasteiger partial charge < -0.3 is 0 Å². The van der Waals surface area contributed by atoms with Gasteiger partial charge in [-0.25, -0.2) is 0 Å². The third-order valence-corrected chi connectivity index (χ3v) is 5.65. The number of hydrogen-bond acceptors (Lipinski definition) is 4. The largest absolute Gasteiger partial charge is 0.293 e. The second-order valence-corrected chi connectivity index (χ2v) is 7.63. The Bertz CT molecular complexity index is 1210. The van der Waals surface area contributed by atoms with Crippen molar-refractivity contribution >= 4 is 22.3 Å². The van der Waals surface area contributed by atoms with Gasteiger partial charge in [-0.15, -0.1) is 0 Å². The molecular weight excluding hydrogens is 402 g/mol. The number of Topliss-reactive ketones (excluding diaryl/α,β-unsaturated/α-hetero) is 2. The van der Waals surface area contributed by atoms with E-state index < -0.39 is 34.9 Å². The van der Waals surface area contributed by atoms with Gasteiger partial charge in [-0.3, -0.25) is 19.7 Å². The molecule has 32 heavy (non-hydrogen) atoms. The summed E-state index contributed by atoms with van der Waals surface area (Å²) in [6.07, 6.45) is 0. The Morgan fingerprint density at radius 3 is 1.75 bits per heavy atom. The number of hydrogen-bond donors (Lipinski definition) is 0. The summed E-state index contributed by atoms with van der Waals surface area (Å²) < 4.78 is 0. The fraction of sp³-hybridized carbons (Fsp3) is 0.111. The maximum Gasteiger partial charge on any atom is 0.211 e. The fourth-order valence-corrected chi connectivity index (χ4v) is 4.17. The molecule has 158 valence electrons. The van der Waals surface area contributed by atoms with Gasteiger partial charge in [-0.05, 0) is 16.3 Å². The third kappa shape index (κ3) is 4.32. The summed E-state index contributed by atoms with van der Waals surface area (Å²) in [5, 5.41) is 13.4. The summed E-state index contributed by atoms with van der Waals surface area (Å²) in [6, 6.07) is 30.0. The van der Waals surface area contributed by atoms with E-state index in [-0.39, 0.29) is 0 Å². The molecule has 0 aliphatic carbocycles. The van der Waals surface area contributed by atoms with Crippen LogP contribution < -0.4 is 0 Å². The molecule has 0 spiro atoms. The highest BCUT2D eigenvalue weighted by molar-refractivity contribution is 6.17. The minimum absolute atomic E-state index is 0.357. The van der Waals surface area contributed by atoms with Gasteiger partial charge in [0.2, 0.25) is 6.54 Å². The topological polar surface area (TPSA) is 77.3 Å². The summed E-state index contributed by atoms with van der Waals surface area (Å²) in [4.78, 5) is 38.6. The Kier molecular flexibility index (Phi) is 6.17. The smallest absolute Gasteiger partial charge is 0.211 e. The molecule has 4 aromatic carbocycles. The van der Waals surface area contributed by atoms with Gasteiger partial charge in [0.25, 0.3) is 0 Å². The van der Waals surface area contributed by atoms with Crippen molar-refractivity contribution in [2.24, 2.45) is 5.92 Å². The van der Waals surface area contributed by atoms with Crippen LogP contribution >= 0.6 is 0 Å². The van der Waals surface area contributed by atoms with Crippen molar-refractivity contribution in [1.29, 1.82) is 0 Å². The van der Waals surface area contributed by atoms with Crippen molar-refractivity contribution in [3.63, 3.8) is 0 Å². The van der Waals surface area contributed by atoms with Crippen LogP contribution in [0, 0.1) is 16.0 Å². The number of benzene rings is 4. The predicted octanol–water partition coefficient (Wildman–Crippen LogP) is 5.58. The van der Waals surface area contributed by atoms with Crippen molar-refractivity contribution < 1.29 is 14.5 Å². The van der Waals surface area contributed by atoms with Crippen molar-refractivity contribution in [3.05, 3.63) is 130 Å². The standard InChI is InChI=1S/C27H21NO4/c29-26(20-11-3-1-4-12-20)25(27(30)21-13-5-2-6-14-21)24(18-28(31)32)23-17-9-15-19-10-7-8-16-22(19)23/h1-17,24-25H,18H2/t24-/m1/s1. The molecule has 0 amide bonds. The molecular formula is C27H21NO4. The molecule has 4 aromatic rings. The average Bonchev–Trinajstić information content (AvgIpc) is 2.84. The van der Waals surface area contributed by atoms with Crippen LogP contribution in [0.4, 0.5) is 0 Å². The highest BCUT2D eigenvalue weighted by atomic mass is 16.6. The predicted molar refractivity (Wildman–Crippen MR) is 124 cm³/mol. The molecule has 0 saturated heterocycles. The molecule has 0 radical (unpaired) electrons. The first-order valence-corrected chi connectivity index (χ1v) is 10.3. The lowest BCUT2D eigenvalue weighted by Gasteiger charge is -2.24. The summed E-state index contributed by atoms with van der Waals surface area (Å²) >= 11 is 0. The van der Waals surface area contributed by atoms with Crippen LogP contribution in [0.5, 0.6) is 0 Å². The van der Waals surface area contributed by atoms with Crippen LogP contribution in [0.2, 0.25) is 0 Å². The number of rotatable bonds is 8. The monoisotopic (exact) mass is 423 g/mol. The number of carbonyl (C=O) groups is 2. The van der Waals surface area contributed by atoms with E-state index in [2.05, 4.69) is 0 Å². The quantitative estimate of drug-likeness (QED) is 0.160. The van der Waals surface area contributed by atoms with Crippen LogP contribution in [0.25, 0.3) is 10.8 Å².